The smallest absolute Gasteiger partial charge is 0.213 e. The van der Waals surface area contributed by atoms with Crippen molar-refractivity contribution in [2.24, 2.45) is 5.41 Å². The van der Waals surface area contributed by atoms with E-state index >= 15 is 0 Å². The lowest BCUT2D eigenvalue weighted by Crippen LogP contribution is -2.32. The number of hydrogen-bond acceptors (Lipinski definition) is 3. The first-order chi connectivity index (χ1) is 8.71. The molecule has 19 heavy (non-hydrogen) atoms. The van der Waals surface area contributed by atoms with Crippen LogP contribution in [0.15, 0.2) is 24.4 Å². The Morgan fingerprint density at radius 2 is 1.95 bits per heavy atom. The van der Waals surface area contributed by atoms with Gasteiger partial charge in [0.2, 0.25) is 10.0 Å². The second kappa shape index (κ2) is 6.48. The minimum Gasteiger partial charge on any atom is -0.261 e. The molecule has 1 heterocycles. The van der Waals surface area contributed by atoms with Crippen molar-refractivity contribution < 1.29 is 8.42 Å². The Morgan fingerprint density at radius 1 is 1.26 bits per heavy atom. The molecule has 0 spiro atoms. The largest absolute Gasteiger partial charge is 0.261 e. The minimum absolute atomic E-state index is 0.0366. The van der Waals surface area contributed by atoms with Gasteiger partial charge in [0.25, 0.3) is 0 Å². The van der Waals surface area contributed by atoms with E-state index in [0.717, 1.165) is 5.69 Å². The topological polar surface area (TPSA) is 50.3 Å². The highest BCUT2D eigenvalue weighted by molar-refractivity contribution is 7.89. The maximum Gasteiger partial charge on any atom is 0.213 e. The molecule has 108 valence electrons. The van der Waals surface area contributed by atoms with Crippen LogP contribution in [0.1, 0.15) is 32.9 Å². The van der Waals surface area contributed by atoms with E-state index in [1.165, 1.54) is 4.31 Å². The van der Waals surface area contributed by atoms with E-state index in [0.29, 0.717) is 19.4 Å². The third-order valence-electron chi connectivity index (χ3n) is 2.99. The van der Waals surface area contributed by atoms with Crippen molar-refractivity contribution in [2.75, 3.05) is 19.3 Å². The summed E-state index contributed by atoms with van der Waals surface area (Å²) < 4.78 is 25.6. The average Bonchev–Trinajstić information content (AvgIpc) is 2.34. The summed E-state index contributed by atoms with van der Waals surface area (Å²) in [4.78, 5) is 4.20. The third-order valence-corrected chi connectivity index (χ3v) is 4.85. The van der Waals surface area contributed by atoms with Gasteiger partial charge in [-0.2, -0.15) is 0 Å². The van der Waals surface area contributed by atoms with E-state index in [-0.39, 0.29) is 11.2 Å². The fourth-order valence-electron chi connectivity index (χ4n) is 1.55. The van der Waals surface area contributed by atoms with Gasteiger partial charge in [-0.15, -0.1) is 0 Å². The summed E-state index contributed by atoms with van der Waals surface area (Å²) in [6.07, 6.45) is 3.04. The molecule has 0 saturated carbocycles. The second-order valence-corrected chi connectivity index (χ2v) is 8.21. The van der Waals surface area contributed by atoms with E-state index in [2.05, 4.69) is 25.8 Å². The van der Waals surface area contributed by atoms with Gasteiger partial charge in [0, 0.05) is 31.9 Å². The quantitative estimate of drug-likeness (QED) is 0.805. The fraction of sp³-hybridized carbons (Fsp3) is 0.643. The predicted octanol–water partition coefficient (Wildman–Crippen LogP) is 2.32. The molecule has 0 aliphatic rings. The molecule has 1 aromatic heterocycles. The summed E-state index contributed by atoms with van der Waals surface area (Å²) in [5.74, 6) is 0.204. The number of likely N-dealkylation sites (N-methyl/N-ethyl adjacent to an activating group) is 1. The lowest BCUT2D eigenvalue weighted by molar-refractivity contribution is 0.389. The molecule has 0 saturated heterocycles. The number of rotatable bonds is 6. The molecule has 0 N–H and O–H groups in total. The van der Waals surface area contributed by atoms with Gasteiger partial charge in [0.15, 0.2) is 0 Å². The van der Waals surface area contributed by atoms with Crippen molar-refractivity contribution in [2.45, 2.75) is 33.6 Å². The van der Waals surface area contributed by atoms with Crippen molar-refractivity contribution >= 4 is 10.0 Å². The van der Waals surface area contributed by atoms with Crippen LogP contribution in [-0.4, -0.2) is 37.1 Å². The summed E-state index contributed by atoms with van der Waals surface area (Å²) in [5, 5.41) is 0. The first kappa shape index (κ1) is 16.1. The molecule has 0 aliphatic carbocycles. The zero-order valence-electron chi connectivity index (χ0n) is 12.3. The maximum absolute atomic E-state index is 12.1. The fourth-order valence-corrected chi connectivity index (χ4v) is 3.10. The van der Waals surface area contributed by atoms with Gasteiger partial charge in [0.05, 0.1) is 5.75 Å². The summed E-state index contributed by atoms with van der Waals surface area (Å²) in [5.41, 5.74) is 0.954. The number of pyridine rings is 1. The van der Waals surface area contributed by atoms with Crippen molar-refractivity contribution in [3.05, 3.63) is 30.1 Å². The van der Waals surface area contributed by atoms with Crippen molar-refractivity contribution in [3.8, 4) is 0 Å². The zero-order valence-corrected chi connectivity index (χ0v) is 13.1. The molecular weight excluding hydrogens is 260 g/mol. The molecule has 5 heteroatoms. The minimum atomic E-state index is -3.16. The van der Waals surface area contributed by atoms with Crippen LogP contribution >= 0.6 is 0 Å². The molecule has 0 radical (unpaired) electrons. The number of aromatic nitrogens is 1. The standard InChI is InChI=1S/C14H24N2O2S/c1-14(2,3)9-12-19(17,18)16(4)11-8-13-7-5-6-10-15-13/h5-7,10H,8-9,11-12H2,1-4H3. The first-order valence-electron chi connectivity index (χ1n) is 6.55. The number of nitrogens with zero attached hydrogens (tertiary/aromatic N) is 2. The van der Waals surface area contributed by atoms with Crippen LogP contribution in [0.4, 0.5) is 0 Å². The highest BCUT2D eigenvalue weighted by Gasteiger charge is 2.21. The van der Waals surface area contributed by atoms with Crippen molar-refractivity contribution in [3.63, 3.8) is 0 Å². The van der Waals surface area contributed by atoms with Crippen LogP contribution in [-0.2, 0) is 16.4 Å². The molecule has 1 rings (SSSR count). The van der Waals surface area contributed by atoms with Gasteiger partial charge in [-0.1, -0.05) is 26.8 Å². The lowest BCUT2D eigenvalue weighted by atomic mass is 9.94. The van der Waals surface area contributed by atoms with Crippen LogP contribution in [0.3, 0.4) is 0 Å². The Hall–Kier alpha value is -0.940. The molecule has 0 aromatic carbocycles. The van der Waals surface area contributed by atoms with Gasteiger partial charge in [-0.3, -0.25) is 4.98 Å². The first-order valence-corrected chi connectivity index (χ1v) is 8.15. The Morgan fingerprint density at radius 3 is 2.47 bits per heavy atom. The second-order valence-electron chi connectivity index (χ2n) is 6.02. The van der Waals surface area contributed by atoms with Crippen LogP contribution < -0.4 is 0 Å². The molecule has 0 atom stereocenters. The Bertz CT molecular complexity index is 478. The molecule has 1 aromatic rings. The van der Waals surface area contributed by atoms with E-state index in [1.54, 1.807) is 13.2 Å². The van der Waals surface area contributed by atoms with Crippen LogP contribution in [0, 0.1) is 5.41 Å². The van der Waals surface area contributed by atoms with Gasteiger partial charge in [0.1, 0.15) is 0 Å². The molecule has 0 fully saturated rings. The van der Waals surface area contributed by atoms with E-state index < -0.39 is 10.0 Å². The summed E-state index contributed by atoms with van der Waals surface area (Å²) >= 11 is 0. The van der Waals surface area contributed by atoms with E-state index in [1.807, 2.05) is 18.2 Å². The zero-order chi connectivity index (χ0) is 14.5. The molecule has 0 bridgehead atoms. The van der Waals surface area contributed by atoms with Gasteiger partial charge in [-0.25, -0.2) is 12.7 Å². The lowest BCUT2D eigenvalue weighted by Gasteiger charge is -2.21. The van der Waals surface area contributed by atoms with Crippen LogP contribution in [0.25, 0.3) is 0 Å². The molecular formula is C14H24N2O2S. The van der Waals surface area contributed by atoms with Gasteiger partial charge >= 0.3 is 0 Å². The van der Waals surface area contributed by atoms with Crippen molar-refractivity contribution in [1.29, 1.82) is 0 Å². The molecule has 0 aliphatic heterocycles. The number of hydrogen-bond donors (Lipinski definition) is 0. The van der Waals surface area contributed by atoms with Crippen LogP contribution in [0.5, 0.6) is 0 Å². The van der Waals surface area contributed by atoms with Gasteiger partial charge in [-0.05, 0) is 24.0 Å². The third kappa shape index (κ3) is 6.16. The normalized spacial score (nSPS) is 12.9. The molecule has 0 unspecified atom stereocenters. The maximum atomic E-state index is 12.1. The summed E-state index contributed by atoms with van der Waals surface area (Å²) in [6.45, 7) is 6.63. The Kier molecular flexibility index (Phi) is 5.50. The van der Waals surface area contributed by atoms with E-state index in [4.69, 9.17) is 0 Å². The monoisotopic (exact) mass is 284 g/mol. The highest BCUT2D eigenvalue weighted by atomic mass is 32.2. The molecule has 0 amide bonds. The van der Waals surface area contributed by atoms with Gasteiger partial charge < -0.3 is 0 Å². The Labute approximate surface area is 116 Å². The highest BCUT2D eigenvalue weighted by Crippen LogP contribution is 2.20. The predicted molar refractivity (Wildman–Crippen MR) is 78.4 cm³/mol. The SMILES string of the molecule is CN(CCc1ccccn1)S(=O)(=O)CCC(C)(C)C. The average molecular weight is 284 g/mol. The number of sulfonamides is 1. The van der Waals surface area contributed by atoms with E-state index in [9.17, 15) is 8.42 Å². The van der Waals surface area contributed by atoms with Crippen molar-refractivity contribution in [1.82, 2.24) is 9.29 Å². The molecule has 4 nitrogen and oxygen atoms in total. The summed E-state index contributed by atoms with van der Waals surface area (Å²) in [6, 6.07) is 5.68. The summed E-state index contributed by atoms with van der Waals surface area (Å²) in [7, 11) is -1.52. The van der Waals surface area contributed by atoms with Crippen LogP contribution in [0.2, 0.25) is 0 Å². The Balaban J connectivity index is 2.50.